The molecule has 0 unspecified atom stereocenters. The van der Waals surface area contributed by atoms with Crippen LogP contribution < -0.4 is 10.6 Å². The van der Waals surface area contributed by atoms with Gasteiger partial charge in [0.1, 0.15) is 0 Å². The molecule has 0 spiro atoms. The first-order valence-corrected chi connectivity index (χ1v) is 7.92. The van der Waals surface area contributed by atoms with E-state index in [0.29, 0.717) is 13.1 Å². The summed E-state index contributed by atoms with van der Waals surface area (Å²) in [4.78, 5) is 25.5. The molecule has 0 aliphatic carbocycles. The zero-order valence-electron chi connectivity index (χ0n) is 12.9. The van der Waals surface area contributed by atoms with E-state index in [-0.39, 0.29) is 11.8 Å². The zero-order chi connectivity index (χ0) is 16.1. The maximum absolute atomic E-state index is 12.8. The lowest BCUT2D eigenvalue weighted by Gasteiger charge is -2.25. The topological polar surface area (TPSA) is 58.2 Å². The van der Waals surface area contributed by atoms with E-state index in [9.17, 15) is 9.59 Å². The molecule has 118 valence electrons. The van der Waals surface area contributed by atoms with E-state index in [2.05, 4.69) is 10.6 Å². The van der Waals surface area contributed by atoms with Gasteiger partial charge in [0.2, 0.25) is 11.8 Å². The lowest BCUT2D eigenvalue weighted by Crippen LogP contribution is -2.37. The molecule has 4 heteroatoms. The summed E-state index contributed by atoms with van der Waals surface area (Å²) in [5.74, 6) is -1.25. The van der Waals surface area contributed by atoms with Gasteiger partial charge in [0, 0.05) is 13.1 Å². The van der Waals surface area contributed by atoms with Gasteiger partial charge in [0.25, 0.3) is 0 Å². The van der Waals surface area contributed by atoms with Gasteiger partial charge in [-0.2, -0.15) is 0 Å². The third kappa shape index (κ3) is 3.42. The van der Waals surface area contributed by atoms with Gasteiger partial charge in [-0.15, -0.1) is 0 Å². The van der Waals surface area contributed by atoms with Crippen molar-refractivity contribution in [3.8, 4) is 0 Å². The largest absolute Gasteiger partial charge is 0.355 e. The van der Waals surface area contributed by atoms with Crippen molar-refractivity contribution in [1.82, 2.24) is 10.6 Å². The van der Waals surface area contributed by atoms with Gasteiger partial charge in [-0.05, 0) is 17.5 Å². The van der Waals surface area contributed by atoms with Crippen LogP contribution in [-0.2, 0) is 9.59 Å². The van der Waals surface area contributed by atoms with Crippen LogP contribution in [0, 0.1) is 0 Å². The van der Waals surface area contributed by atoms with Gasteiger partial charge >= 0.3 is 0 Å². The van der Waals surface area contributed by atoms with Crippen LogP contribution in [-0.4, -0.2) is 24.9 Å². The highest BCUT2D eigenvalue weighted by molar-refractivity contribution is 5.95. The molecule has 1 aliphatic heterocycles. The van der Waals surface area contributed by atoms with Crippen molar-refractivity contribution < 1.29 is 9.59 Å². The van der Waals surface area contributed by atoms with Gasteiger partial charge < -0.3 is 10.6 Å². The number of rotatable bonds is 2. The van der Waals surface area contributed by atoms with Gasteiger partial charge in [0.05, 0.1) is 11.8 Å². The van der Waals surface area contributed by atoms with Crippen LogP contribution in [0.4, 0.5) is 0 Å². The fourth-order valence-corrected chi connectivity index (χ4v) is 3.04. The van der Waals surface area contributed by atoms with E-state index in [1.807, 2.05) is 60.7 Å². The number of hydrogen-bond acceptors (Lipinski definition) is 2. The molecule has 1 aliphatic rings. The lowest BCUT2D eigenvalue weighted by atomic mass is 9.80. The Morgan fingerprint density at radius 1 is 0.652 bits per heavy atom. The van der Waals surface area contributed by atoms with Crippen molar-refractivity contribution in [1.29, 1.82) is 0 Å². The second kappa shape index (κ2) is 7.09. The summed E-state index contributed by atoms with van der Waals surface area (Å²) >= 11 is 0. The fraction of sp³-hybridized carbons (Fsp3) is 0.263. The molecule has 2 amide bonds. The summed E-state index contributed by atoms with van der Waals surface area (Å²) in [5.41, 5.74) is 1.71. The average molecular weight is 308 g/mol. The Balaban J connectivity index is 2.09. The highest BCUT2D eigenvalue weighted by atomic mass is 16.2. The predicted molar refractivity (Wildman–Crippen MR) is 89.0 cm³/mol. The van der Waals surface area contributed by atoms with Crippen molar-refractivity contribution in [2.24, 2.45) is 0 Å². The van der Waals surface area contributed by atoms with E-state index in [4.69, 9.17) is 0 Å². The van der Waals surface area contributed by atoms with Crippen LogP contribution in [0.25, 0.3) is 0 Å². The van der Waals surface area contributed by atoms with E-state index >= 15 is 0 Å². The highest BCUT2D eigenvalue weighted by Crippen LogP contribution is 2.34. The predicted octanol–water partition coefficient (Wildman–Crippen LogP) is 2.19. The van der Waals surface area contributed by atoms with Crippen LogP contribution in [0.2, 0.25) is 0 Å². The van der Waals surface area contributed by atoms with Gasteiger partial charge in [0.15, 0.2) is 0 Å². The first-order chi connectivity index (χ1) is 11.3. The molecule has 1 fully saturated rings. The molecule has 0 aromatic heterocycles. The number of hydrogen-bond donors (Lipinski definition) is 2. The minimum atomic E-state index is -0.531. The summed E-state index contributed by atoms with van der Waals surface area (Å²) in [6.45, 7) is 1.15. The molecule has 2 aromatic rings. The fourth-order valence-electron chi connectivity index (χ4n) is 3.04. The van der Waals surface area contributed by atoms with Crippen molar-refractivity contribution in [2.45, 2.75) is 18.3 Å². The molecule has 2 aromatic carbocycles. The first-order valence-electron chi connectivity index (χ1n) is 7.92. The van der Waals surface area contributed by atoms with E-state index < -0.39 is 11.8 Å². The molecule has 1 heterocycles. The van der Waals surface area contributed by atoms with Crippen molar-refractivity contribution in [3.05, 3.63) is 71.8 Å². The number of nitrogens with one attached hydrogen (secondary N) is 2. The second-order valence-electron chi connectivity index (χ2n) is 5.71. The Bertz CT molecular complexity index is 611. The summed E-state index contributed by atoms with van der Waals surface area (Å²) in [7, 11) is 0. The third-order valence-corrected chi connectivity index (χ3v) is 4.17. The summed E-state index contributed by atoms with van der Waals surface area (Å²) in [6, 6.07) is 19.0. The minimum absolute atomic E-state index is 0.0953. The Morgan fingerprint density at radius 3 is 1.43 bits per heavy atom. The lowest BCUT2D eigenvalue weighted by molar-refractivity contribution is -0.128. The van der Waals surface area contributed by atoms with Gasteiger partial charge in [-0.1, -0.05) is 60.7 Å². The molecule has 2 atom stereocenters. The van der Waals surface area contributed by atoms with Crippen molar-refractivity contribution in [3.63, 3.8) is 0 Å². The first kappa shape index (κ1) is 15.3. The highest BCUT2D eigenvalue weighted by Gasteiger charge is 2.36. The number of carbonyl (C=O) groups excluding carboxylic acids is 2. The maximum Gasteiger partial charge on any atom is 0.228 e. The molecule has 0 radical (unpaired) electrons. The molecular weight excluding hydrogens is 288 g/mol. The van der Waals surface area contributed by atoms with Crippen LogP contribution in [0.3, 0.4) is 0 Å². The molecule has 3 rings (SSSR count). The smallest absolute Gasteiger partial charge is 0.228 e. The maximum atomic E-state index is 12.8. The molecule has 1 saturated heterocycles. The van der Waals surface area contributed by atoms with E-state index in [0.717, 1.165) is 17.5 Å². The SMILES string of the molecule is O=C1NCCCNC(=O)[C@@H](c2ccccc2)[C@H]1c1ccccc1. The minimum Gasteiger partial charge on any atom is -0.355 e. The zero-order valence-corrected chi connectivity index (χ0v) is 12.9. The van der Waals surface area contributed by atoms with Crippen LogP contribution >= 0.6 is 0 Å². The molecule has 0 saturated carbocycles. The quantitative estimate of drug-likeness (QED) is 0.893. The van der Waals surface area contributed by atoms with Crippen LogP contribution in [0.1, 0.15) is 29.4 Å². The Labute approximate surface area is 135 Å². The number of benzene rings is 2. The molecule has 2 N–H and O–H groups in total. The van der Waals surface area contributed by atoms with Crippen molar-refractivity contribution in [2.75, 3.05) is 13.1 Å². The number of amides is 2. The Morgan fingerprint density at radius 2 is 1.04 bits per heavy atom. The molecule has 0 bridgehead atoms. The second-order valence-corrected chi connectivity index (χ2v) is 5.71. The Hall–Kier alpha value is -2.62. The standard InChI is InChI=1S/C19H20N2O2/c22-18-16(14-8-3-1-4-9-14)17(15-10-5-2-6-11-15)19(23)21-13-7-12-20-18/h1-6,8-11,16-17H,7,12-13H2,(H,20,22)(H,21,23)/t16-,17+. The third-order valence-electron chi connectivity index (χ3n) is 4.17. The molecule has 23 heavy (non-hydrogen) atoms. The van der Waals surface area contributed by atoms with E-state index in [1.165, 1.54) is 0 Å². The summed E-state index contributed by atoms with van der Waals surface area (Å²) in [5, 5.41) is 5.92. The van der Waals surface area contributed by atoms with Gasteiger partial charge in [-0.3, -0.25) is 9.59 Å². The van der Waals surface area contributed by atoms with Crippen LogP contribution in [0.15, 0.2) is 60.7 Å². The normalized spacial score (nSPS) is 22.3. The summed E-state index contributed by atoms with van der Waals surface area (Å²) in [6.07, 6.45) is 0.737. The molecular formula is C19H20N2O2. The monoisotopic (exact) mass is 308 g/mol. The van der Waals surface area contributed by atoms with Gasteiger partial charge in [-0.25, -0.2) is 0 Å². The average Bonchev–Trinajstić information content (AvgIpc) is 2.66. The Kier molecular flexibility index (Phi) is 4.71. The van der Waals surface area contributed by atoms with E-state index in [1.54, 1.807) is 0 Å². The van der Waals surface area contributed by atoms with Crippen molar-refractivity contribution >= 4 is 11.8 Å². The number of carbonyl (C=O) groups is 2. The molecule has 4 nitrogen and oxygen atoms in total. The van der Waals surface area contributed by atoms with Crippen LogP contribution in [0.5, 0.6) is 0 Å². The summed E-state index contributed by atoms with van der Waals surface area (Å²) < 4.78 is 0.